The van der Waals surface area contributed by atoms with Crippen LogP contribution in [0.15, 0.2) is 0 Å². The fourth-order valence-corrected chi connectivity index (χ4v) is 4.29. The first kappa shape index (κ1) is 14.2. The number of nitrogens with zero attached hydrogens (tertiary/aromatic N) is 2. The van der Waals surface area contributed by atoms with E-state index in [0.717, 1.165) is 32.4 Å². The van der Waals surface area contributed by atoms with E-state index in [4.69, 9.17) is 5.73 Å². The standard InChI is InChI=1S/C11H24N4O2S/c1-2-3-5-15(11-7-13-8-11)18(16,17)14-6-4-10(12)9-14/h10-11,13H,2-9,12H2,1H3. The highest BCUT2D eigenvalue weighted by atomic mass is 32.2. The average Bonchev–Trinajstić information content (AvgIpc) is 2.68. The summed E-state index contributed by atoms with van der Waals surface area (Å²) in [4.78, 5) is 0. The molecule has 7 heteroatoms. The largest absolute Gasteiger partial charge is 0.326 e. The predicted molar refractivity (Wildman–Crippen MR) is 71.4 cm³/mol. The third-order valence-electron chi connectivity index (χ3n) is 3.71. The molecule has 0 aromatic heterocycles. The van der Waals surface area contributed by atoms with Crippen molar-refractivity contribution in [3.05, 3.63) is 0 Å². The van der Waals surface area contributed by atoms with Crippen molar-refractivity contribution in [2.24, 2.45) is 5.73 Å². The van der Waals surface area contributed by atoms with Gasteiger partial charge in [0.1, 0.15) is 0 Å². The Balaban J connectivity index is 2.07. The molecule has 3 N–H and O–H groups in total. The molecule has 6 nitrogen and oxygen atoms in total. The van der Waals surface area contributed by atoms with E-state index >= 15 is 0 Å². The lowest BCUT2D eigenvalue weighted by atomic mass is 10.2. The van der Waals surface area contributed by atoms with E-state index in [1.807, 2.05) is 0 Å². The van der Waals surface area contributed by atoms with E-state index in [2.05, 4.69) is 12.2 Å². The Morgan fingerprint density at radius 1 is 1.44 bits per heavy atom. The second-order valence-corrected chi connectivity index (χ2v) is 7.07. The number of nitrogens with one attached hydrogen (secondary N) is 1. The first-order chi connectivity index (χ1) is 8.55. The highest BCUT2D eigenvalue weighted by molar-refractivity contribution is 7.86. The molecule has 2 rings (SSSR count). The van der Waals surface area contributed by atoms with E-state index < -0.39 is 10.2 Å². The lowest BCUT2D eigenvalue weighted by Gasteiger charge is -2.39. The Morgan fingerprint density at radius 3 is 2.61 bits per heavy atom. The van der Waals surface area contributed by atoms with Gasteiger partial charge in [-0.25, -0.2) is 0 Å². The van der Waals surface area contributed by atoms with Gasteiger partial charge in [-0.15, -0.1) is 0 Å². The topological polar surface area (TPSA) is 78.7 Å². The average molecular weight is 276 g/mol. The van der Waals surface area contributed by atoms with Crippen LogP contribution in [-0.2, 0) is 10.2 Å². The lowest BCUT2D eigenvalue weighted by Crippen LogP contribution is -2.61. The van der Waals surface area contributed by atoms with Crippen molar-refractivity contribution in [3.8, 4) is 0 Å². The molecule has 2 fully saturated rings. The highest BCUT2D eigenvalue weighted by Gasteiger charge is 2.39. The summed E-state index contributed by atoms with van der Waals surface area (Å²) in [5.41, 5.74) is 5.81. The van der Waals surface area contributed by atoms with Crippen LogP contribution in [0.25, 0.3) is 0 Å². The zero-order valence-corrected chi connectivity index (χ0v) is 11.8. The van der Waals surface area contributed by atoms with Gasteiger partial charge >= 0.3 is 0 Å². The van der Waals surface area contributed by atoms with Crippen molar-refractivity contribution in [2.45, 2.75) is 38.3 Å². The molecule has 0 amide bonds. The molecule has 2 aliphatic rings. The molecule has 0 bridgehead atoms. The van der Waals surface area contributed by atoms with Crippen LogP contribution in [0.3, 0.4) is 0 Å². The summed E-state index contributed by atoms with van der Waals surface area (Å²) < 4.78 is 28.4. The van der Waals surface area contributed by atoms with Crippen molar-refractivity contribution >= 4 is 10.2 Å². The molecule has 2 heterocycles. The molecule has 18 heavy (non-hydrogen) atoms. The maximum atomic E-state index is 12.6. The summed E-state index contributed by atoms with van der Waals surface area (Å²) in [7, 11) is -3.32. The molecule has 0 spiro atoms. The summed E-state index contributed by atoms with van der Waals surface area (Å²) in [6.07, 6.45) is 2.69. The van der Waals surface area contributed by atoms with Gasteiger partial charge in [0.15, 0.2) is 0 Å². The summed E-state index contributed by atoms with van der Waals surface area (Å²) in [6.45, 7) is 5.26. The number of nitrogens with two attached hydrogens (primary N) is 1. The minimum Gasteiger partial charge on any atom is -0.326 e. The van der Waals surface area contributed by atoms with E-state index in [-0.39, 0.29) is 12.1 Å². The van der Waals surface area contributed by atoms with E-state index in [0.29, 0.717) is 19.6 Å². The van der Waals surface area contributed by atoms with Gasteiger partial charge in [-0.2, -0.15) is 17.0 Å². The van der Waals surface area contributed by atoms with Crippen molar-refractivity contribution in [2.75, 3.05) is 32.7 Å². The van der Waals surface area contributed by atoms with Gasteiger partial charge in [-0.05, 0) is 12.8 Å². The van der Waals surface area contributed by atoms with Crippen LogP contribution in [-0.4, -0.2) is 61.8 Å². The minimum absolute atomic E-state index is 0.00712. The van der Waals surface area contributed by atoms with Gasteiger partial charge in [-0.3, -0.25) is 0 Å². The van der Waals surface area contributed by atoms with Gasteiger partial charge in [0.2, 0.25) is 0 Å². The normalized spacial score (nSPS) is 26.7. The molecule has 2 saturated heterocycles. The summed E-state index contributed by atoms with van der Waals surface area (Å²) in [5, 5.41) is 3.14. The van der Waals surface area contributed by atoms with Crippen LogP contribution in [0.5, 0.6) is 0 Å². The minimum atomic E-state index is -3.32. The number of hydrogen-bond donors (Lipinski definition) is 2. The quantitative estimate of drug-likeness (QED) is 0.675. The molecule has 106 valence electrons. The summed E-state index contributed by atoms with van der Waals surface area (Å²) in [6, 6.07) is 0.116. The Bertz CT molecular complexity index is 369. The molecule has 0 aromatic rings. The van der Waals surface area contributed by atoms with Crippen LogP contribution in [0, 0.1) is 0 Å². The SMILES string of the molecule is CCCCN(C1CNC1)S(=O)(=O)N1CCC(N)C1. The zero-order valence-electron chi connectivity index (χ0n) is 11.0. The number of rotatable bonds is 6. The Labute approximate surface area is 110 Å². The highest BCUT2D eigenvalue weighted by Crippen LogP contribution is 2.20. The first-order valence-electron chi connectivity index (χ1n) is 6.79. The third-order valence-corrected chi connectivity index (χ3v) is 5.77. The van der Waals surface area contributed by atoms with Gasteiger partial charge in [0.05, 0.1) is 6.04 Å². The second kappa shape index (κ2) is 5.83. The number of hydrogen-bond acceptors (Lipinski definition) is 4. The lowest BCUT2D eigenvalue weighted by molar-refractivity contribution is 0.225. The molecule has 0 radical (unpaired) electrons. The van der Waals surface area contributed by atoms with Crippen LogP contribution < -0.4 is 11.1 Å². The fourth-order valence-electron chi connectivity index (χ4n) is 2.39. The Kier molecular flexibility index (Phi) is 4.60. The van der Waals surface area contributed by atoms with Gasteiger partial charge in [0, 0.05) is 38.8 Å². The first-order valence-corrected chi connectivity index (χ1v) is 8.18. The van der Waals surface area contributed by atoms with Crippen LogP contribution >= 0.6 is 0 Å². The van der Waals surface area contributed by atoms with Crippen molar-refractivity contribution in [1.82, 2.24) is 13.9 Å². The van der Waals surface area contributed by atoms with Gasteiger partial charge in [0.25, 0.3) is 10.2 Å². The molecule has 1 atom stereocenters. The molecule has 0 aliphatic carbocycles. The Morgan fingerprint density at radius 2 is 2.17 bits per heavy atom. The number of unbranched alkanes of at least 4 members (excludes halogenated alkanes) is 1. The van der Waals surface area contributed by atoms with E-state index in [9.17, 15) is 8.42 Å². The van der Waals surface area contributed by atoms with Gasteiger partial charge < -0.3 is 11.1 Å². The summed E-state index contributed by atoms with van der Waals surface area (Å²) >= 11 is 0. The maximum Gasteiger partial charge on any atom is 0.282 e. The second-order valence-electron chi connectivity index (χ2n) is 5.19. The van der Waals surface area contributed by atoms with Crippen LogP contribution in [0.1, 0.15) is 26.2 Å². The summed E-state index contributed by atoms with van der Waals surface area (Å²) in [5.74, 6) is 0. The molecular weight excluding hydrogens is 252 g/mol. The van der Waals surface area contributed by atoms with E-state index in [1.54, 1.807) is 8.61 Å². The van der Waals surface area contributed by atoms with E-state index in [1.165, 1.54) is 0 Å². The molecular formula is C11H24N4O2S. The predicted octanol–water partition coefficient (Wildman–Crippen LogP) is -0.662. The smallest absolute Gasteiger partial charge is 0.282 e. The van der Waals surface area contributed by atoms with Gasteiger partial charge in [-0.1, -0.05) is 13.3 Å². The van der Waals surface area contributed by atoms with Crippen molar-refractivity contribution < 1.29 is 8.42 Å². The third kappa shape index (κ3) is 2.85. The monoisotopic (exact) mass is 276 g/mol. The van der Waals surface area contributed by atoms with Crippen molar-refractivity contribution in [1.29, 1.82) is 0 Å². The molecule has 1 unspecified atom stereocenters. The van der Waals surface area contributed by atoms with Crippen molar-refractivity contribution in [3.63, 3.8) is 0 Å². The zero-order chi connectivity index (χ0) is 13.2. The molecule has 0 saturated carbocycles. The van der Waals surface area contributed by atoms with Crippen LogP contribution in [0.4, 0.5) is 0 Å². The fraction of sp³-hybridized carbons (Fsp3) is 1.00. The maximum absolute atomic E-state index is 12.6. The molecule has 2 aliphatic heterocycles. The molecule has 0 aromatic carbocycles. The Hall–Kier alpha value is -0.210. The van der Waals surface area contributed by atoms with Crippen LogP contribution in [0.2, 0.25) is 0 Å².